The standard InChI is InChI=1S/C12H10OS/c13-14-7-11-5-9-3-1-2-4-10(9)6-12(11)8-14/h1-6H,7-8H2. The van der Waals surface area contributed by atoms with Gasteiger partial charge in [0.15, 0.2) is 0 Å². The molecule has 3 rings (SSSR count). The Kier molecular flexibility index (Phi) is 1.71. The fourth-order valence-electron chi connectivity index (χ4n) is 2.00. The molecule has 1 heterocycles. The van der Waals surface area contributed by atoms with Gasteiger partial charge in [-0.25, -0.2) is 0 Å². The summed E-state index contributed by atoms with van der Waals surface area (Å²) >= 11 is 0. The van der Waals surface area contributed by atoms with E-state index in [9.17, 15) is 4.21 Å². The molecule has 0 aliphatic carbocycles. The van der Waals surface area contributed by atoms with Gasteiger partial charge >= 0.3 is 0 Å². The largest absolute Gasteiger partial charge is 0.259 e. The summed E-state index contributed by atoms with van der Waals surface area (Å²) in [6.07, 6.45) is 0. The quantitative estimate of drug-likeness (QED) is 0.641. The average Bonchev–Trinajstić information content (AvgIpc) is 2.53. The fraction of sp³-hybridized carbons (Fsp3) is 0.167. The van der Waals surface area contributed by atoms with Gasteiger partial charge in [-0.2, -0.15) is 0 Å². The van der Waals surface area contributed by atoms with Gasteiger partial charge in [-0.15, -0.1) is 0 Å². The molecular formula is C12H10OS. The van der Waals surface area contributed by atoms with Gasteiger partial charge in [0.25, 0.3) is 0 Å². The highest BCUT2D eigenvalue weighted by atomic mass is 32.2. The third-order valence-corrected chi connectivity index (χ3v) is 3.97. The van der Waals surface area contributed by atoms with Crippen LogP contribution in [0.1, 0.15) is 11.1 Å². The Bertz CT molecular complexity index is 484. The summed E-state index contributed by atoms with van der Waals surface area (Å²) < 4.78 is 11.4. The van der Waals surface area contributed by atoms with Crippen molar-refractivity contribution in [3.05, 3.63) is 47.5 Å². The second kappa shape index (κ2) is 2.92. The van der Waals surface area contributed by atoms with Crippen LogP contribution in [0.5, 0.6) is 0 Å². The SMILES string of the molecule is O=S1Cc2cc3ccccc3cc2C1. The van der Waals surface area contributed by atoms with Gasteiger partial charge < -0.3 is 0 Å². The van der Waals surface area contributed by atoms with E-state index < -0.39 is 10.8 Å². The van der Waals surface area contributed by atoms with Crippen molar-refractivity contribution in [2.45, 2.75) is 11.5 Å². The predicted octanol–water partition coefficient (Wildman–Crippen LogP) is 2.60. The lowest BCUT2D eigenvalue weighted by molar-refractivity contribution is 0.684. The second-order valence-electron chi connectivity index (χ2n) is 3.70. The van der Waals surface area contributed by atoms with E-state index in [1.165, 1.54) is 21.9 Å². The van der Waals surface area contributed by atoms with Crippen molar-refractivity contribution in [3.8, 4) is 0 Å². The summed E-state index contributed by atoms with van der Waals surface area (Å²) in [6, 6.07) is 12.7. The summed E-state index contributed by atoms with van der Waals surface area (Å²) in [6.45, 7) is 0. The van der Waals surface area contributed by atoms with Crippen LogP contribution in [-0.4, -0.2) is 4.21 Å². The molecular weight excluding hydrogens is 192 g/mol. The van der Waals surface area contributed by atoms with Crippen LogP contribution >= 0.6 is 0 Å². The van der Waals surface area contributed by atoms with Gasteiger partial charge in [0.05, 0.1) is 0 Å². The van der Waals surface area contributed by atoms with Crippen molar-refractivity contribution in [2.75, 3.05) is 0 Å². The molecule has 1 aliphatic heterocycles. The molecule has 1 aliphatic rings. The monoisotopic (exact) mass is 202 g/mol. The van der Waals surface area contributed by atoms with E-state index in [-0.39, 0.29) is 0 Å². The molecule has 0 amide bonds. The first-order chi connectivity index (χ1) is 6.83. The molecule has 2 heteroatoms. The number of hydrogen-bond donors (Lipinski definition) is 0. The lowest BCUT2D eigenvalue weighted by Crippen LogP contribution is -1.82. The molecule has 70 valence electrons. The maximum absolute atomic E-state index is 11.4. The van der Waals surface area contributed by atoms with Crippen molar-refractivity contribution < 1.29 is 4.21 Å². The maximum Gasteiger partial charge on any atom is 0.0492 e. The summed E-state index contributed by atoms with van der Waals surface area (Å²) in [4.78, 5) is 0. The molecule has 0 aromatic heterocycles. The highest BCUT2D eigenvalue weighted by Crippen LogP contribution is 2.27. The molecule has 0 saturated heterocycles. The molecule has 0 atom stereocenters. The van der Waals surface area contributed by atoms with Crippen LogP contribution in [0.2, 0.25) is 0 Å². The number of hydrogen-bond acceptors (Lipinski definition) is 1. The number of benzene rings is 2. The van der Waals surface area contributed by atoms with Crippen LogP contribution < -0.4 is 0 Å². The van der Waals surface area contributed by atoms with Crippen molar-refractivity contribution in [3.63, 3.8) is 0 Å². The second-order valence-corrected chi connectivity index (χ2v) is 5.15. The third kappa shape index (κ3) is 1.18. The molecule has 0 bridgehead atoms. The molecule has 0 unspecified atom stereocenters. The van der Waals surface area contributed by atoms with Gasteiger partial charge in [-0.3, -0.25) is 4.21 Å². The van der Waals surface area contributed by atoms with E-state index >= 15 is 0 Å². The molecule has 2 aromatic rings. The van der Waals surface area contributed by atoms with E-state index in [1.807, 2.05) is 12.1 Å². The highest BCUT2D eigenvalue weighted by molar-refractivity contribution is 7.83. The molecule has 0 saturated carbocycles. The fourth-order valence-corrected chi connectivity index (χ4v) is 3.33. The third-order valence-electron chi connectivity index (χ3n) is 2.70. The minimum atomic E-state index is -0.668. The van der Waals surface area contributed by atoms with Gasteiger partial charge in [0.1, 0.15) is 0 Å². The summed E-state index contributed by atoms with van der Waals surface area (Å²) in [5.74, 6) is 1.47. The lowest BCUT2D eigenvalue weighted by atomic mass is 10.0. The van der Waals surface area contributed by atoms with E-state index in [2.05, 4.69) is 24.3 Å². The van der Waals surface area contributed by atoms with E-state index in [4.69, 9.17) is 0 Å². The lowest BCUT2D eigenvalue weighted by Gasteiger charge is -2.01. The number of fused-ring (bicyclic) bond motifs is 2. The minimum Gasteiger partial charge on any atom is -0.259 e. The molecule has 0 N–H and O–H groups in total. The molecule has 0 radical (unpaired) electrons. The molecule has 2 aromatic carbocycles. The Morgan fingerprint density at radius 3 is 1.93 bits per heavy atom. The molecule has 0 fully saturated rings. The Morgan fingerprint density at radius 2 is 1.43 bits per heavy atom. The van der Waals surface area contributed by atoms with Crippen LogP contribution in [0.15, 0.2) is 36.4 Å². The first-order valence-corrected chi connectivity index (χ1v) is 6.17. The number of rotatable bonds is 0. The van der Waals surface area contributed by atoms with Crippen LogP contribution in [0.3, 0.4) is 0 Å². The Hall–Kier alpha value is -1.15. The summed E-state index contributed by atoms with van der Waals surface area (Å²) in [5.41, 5.74) is 2.53. The first-order valence-electron chi connectivity index (χ1n) is 4.68. The Morgan fingerprint density at radius 1 is 0.929 bits per heavy atom. The van der Waals surface area contributed by atoms with Crippen LogP contribution in [0.25, 0.3) is 10.8 Å². The molecule has 1 nitrogen and oxygen atoms in total. The minimum absolute atomic E-state index is 0.668. The zero-order valence-corrected chi connectivity index (χ0v) is 8.51. The average molecular weight is 202 g/mol. The topological polar surface area (TPSA) is 17.1 Å². The first kappa shape index (κ1) is 8.18. The Balaban J connectivity index is 2.31. The zero-order valence-electron chi connectivity index (χ0n) is 7.69. The molecule has 0 spiro atoms. The van der Waals surface area contributed by atoms with Crippen LogP contribution in [0, 0.1) is 0 Å². The van der Waals surface area contributed by atoms with Gasteiger partial charge in [-0.05, 0) is 34.0 Å². The van der Waals surface area contributed by atoms with Gasteiger partial charge in [-0.1, -0.05) is 24.3 Å². The Labute approximate surface area is 85.2 Å². The molecule has 14 heavy (non-hydrogen) atoms. The smallest absolute Gasteiger partial charge is 0.0492 e. The van der Waals surface area contributed by atoms with Crippen molar-refractivity contribution in [1.29, 1.82) is 0 Å². The highest BCUT2D eigenvalue weighted by Gasteiger charge is 2.17. The summed E-state index contributed by atoms with van der Waals surface area (Å²) in [5, 5.41) is 2.51. The van der Waals surface area contributed by atoms with Crippen molar-refractivity contribution in [1.82, 2.24) is 0 Å². The van der Waals surface area contributed by atoms with E-state index in [1.54, 1.807) is 0 Å². The van der Waals surface area contributed by atoms with Crippen molar-refractivity contribution in [2.24, 2.45) is 0 Å². The summed E-state index contributed by atoms with van der Waals surface area (Å²) in [7, 11) is -0.668. The van der Waals surface area contributed by atoms with Gasteiger partial charge in [0.2, 0.25) is 0 Å². The van der Waals surface area contributed by atoms with Crippen molar-refractivity contribution >= 4 is 21.6 Å². The van der Waals surface area contributed by atoms with E-state index in [0.717, 1.165) is 11.5 Å². The maximum atomic E-state index is 11.4. The normalized spacial score (nSPS) is 16.0. The van der Waals surface area contributed by atoms with Crippen LogP contribution in [0.4, 0.5) is 0 Å². The van der Waals surface area contributed by atoms with E-state index in [0.29, 0.717) is 0 Å². The predicted molar refractivity (Wildman–Crippen MR) is 59.5 cm³/mol. The van der Waals surface area contributed by atoms with Gasteiger partial charge in [0, 0.05) is 22.3 Å². The van der Waals surface area contributed by atoms with Crippen LogP contribution in [-0.2, 0) is 22.3 Å². The zero-order chi connectivity index (χ0) is 9.54.